The van der Waals surface area contributed by atoms with Crippen LogP contribution in [0.1, 0.15) is 52.4 Å². The van der Waals surface area contributed by atoms with E-state index in [1.165, 1.54) is 12.8 Å². The van der Waals surface area contributed by atoms with Gasteiger partial charge in [-0.25, -0.2) is 0 Å². The number of esters is 1. The third kappa shape index (κ3) is 2.76. The molecule has 0 aliphatic heterocycles. The average molecular weight is 228 g/mol. The minimum Gasteiger partial charge on any atom is -0.463 e. The van der Waals surface area contributed by atoms with Crippen LogP contribution in [0.2, 0.25) is 0 Å². The van der Waals surface area contributed by atoms with Crippen molar-refractivity contribution in [2.24, 2.45) is 11.3 Å². The van der Waals surface area contributed by atoms with Gasteiger partial charge in [-0.1, -0.05) is 33.1 Å². The first-order valence-corrected chi connectivity index (χ1v) is 6.45. The molecule has 94 valence electrons. The predicted molar refractivity (Wildman–Crippen MR) is 63.0 cm³/mol. The molecule has 1 aliphatic carbocycles. The Labute approximate surface area is 98.2 Å². The number of carbonyl (C=O) groups is 1. The predicted octanol–water partition coefficient (Wildman–Crippen LogP) is 2.52. The first-order valence-electron chi connectivity index (χ1n) is 6.45. The molecule has 3 heteroatoms. The van der Waals surface area contributed by atoms with Gasteiger partial charge in [0.15, 0.2) is 0 Å². The topological polar surface area (TPSA) is 46.5 Å². The Bertz CT molecular complexity index is 227. The summed E-state index contributed by atoms with van der Waals surface area (Å²) in [6.45, 7) is 4.28. The van der Waals surface area contributed by atoms with E-state index in [1.807, 2.05) is 0 Å². The van der Waals surface area contributed by atoms with Crippen molar-refractivity contribution in [1.82, 2.24) is 0 Å². The van der Waals surface area contributed by atoms with Crippen LogP contribution in [0.3, 0.4) is 0 Å². The van der Waals surface area contributed by atoms with Gasteiger partial charge in [-0.05, 0) is 25.2 Å². The van der Waals surface area contributed by atoms with Gasteiger partial charge in [0.05, 0.1) is 12.0 Å². The summed E-state index contributed by atoms with van der Waals surface area (Å²) in [5.41, 5.74) is -0.300. The van der Waals surface area contributed by atoms with Gasteiger partial charge in [0.2, 0.25) is 0 Å². The van der Waals surface area contributed by atoms with Gasteiger partial charge in [-0.3, -0.25) is 4.79 Å². The Hall–Kier alpha value is -0.570. The van der Waals surface area contributed by atoms with E-state index in [1.54, 1.807) is 0 Å². The number of rotatable bonds is 4. The summed E-state index contributed by atoms with van der Waals surface area (Å²) in [5, 5.41) is 8.71. The molecule has 2 unspecified atom stereocenters. The maximum absolute atomic E-state index is 12.1. The molecule has 0 spiro atoms. The standard InChI is InChI=1S/C13H24O3/c1-3-13(12(15)16-10-9-14)8-6-4-5-7-11(13)2/h11,14H,3-10H2,1-2H3. The van der Waals surface area contributed by atoms with E-state index in [0.29, 0.717) is 5.92 Å². The molecule has 0 aromatic heterocycles. The molecule has 1 saturated carbocycles. The van der Waals surface area contributed by atoms with Gasteiger partial charge in [0.1, 0.15) is 6.61 Å². The van der Waals surface area contributed by atoms with Gasteiger partial charge < -0.3 is 9.84 Å². The quantitative estimate of drug-likeness (QED) is 0.594. The van der Waals surface area contributed by atoms with E-state index in [2.05, 4.69) is 13.8 Å². The highest BCUT2D eigenvalue weighted by Crippen LogP contribution is 2.43. The van der Waals surface area contributed by atoms with Gasteiger partial charge in [-0.2, -0.15) is 0 Å². The van der Waals surface area contributed by atoms with Crippen LogP contribution in [-0.2, 0) is 9.53 Å². The summed E-state index contributed by atoms with van der Waals surface area (Å²) < 4.78 is 5.16. The Morgan fingerprint density at radius 3 is 2.81 bits per heavy atom. The molecule has 0 heterocycles. The Kier molecular flexibility index (Phi) is 5.26. The number of aliphatic hydroxyl groups excluding tert-OH is 1. The molecular weight excluding hydrogens is 204 g/mol. The molecule has 1 aliphatic rings. The lowest BCUT2D eigenvalue weighted by atomic mass is 9.71. The third-order valence-electron chi connectivity index (χ3n) is 4.07. The second-order valence-electron chi connectivity index (χ2n) is 4.87. The highest BCUT2D eigenvalue weighted by molar-refractivity contribution is 5.77. The molecule has 0 saturated heterocycles. The zero-order valence-electron chi connectivity index (χ0n) is 10.5. The van der Waals surface area contributed by atoms with Crippen molar-refractivity contribution in [3.05, 3.63) is 0 Å². The zero-order chi connectivity index (χ0) is 12.0. The van der Waals surface area contributed by atoms with Crippen LogP contribution in [0.5, 0.6) is 0 Å². The molecule has 16 heavy (non-hydrogen) atoms. The molecule has 1 rings (SSSR count). The third-order valence-corrected chi connectivity index (χ3v) is 4.07. The summed E-state index contributed by atoms with van der Waals surface area (Å²) in [6.07, 6.45) is 6.46. The van der Waals surface area contributed by atoms with Gasteiger partial charge in [0, 0.05) is 0 Å². The number of aliphatic hydroxyl groups is 1. The molecular formula is C13H24O3. The Morgan fingerprint density at radius 2 is 2.19 bits per heavy atom. The average Bonchev–Trinajstić information content (AvgIpc) is 2.48. The second kappa shape index (κ2) is 6.24. The molecule has 0 amide bonds. The van der Waals surface area contributed by atoms with E-state index in [0.717, 1.165) is 25.7 Å². The van der Waals surface area contributed by atoms with E-state index in [-0.39, 0.29) is 24.6 Å². The molecule has 0 bridgehead atoms. The smallest absolute Gasteiger partial charge is 0.312 e. The molecule has 2 atom stereocenters. The summed E-state index contributed by atoms with van der Waals surface area (Å²) in [7, 11) is 0. The fraction of sp³-hybridized carbons (Fsp3) is 0.923. The van der Waals surface area contributed by atoms with Crippen molar-refractivity contribution in [2.75, 3.05) is 13.2 Å². The number of hydrogen-bond donors (Lipinski definition) is 1. The number of ether oxygens (including phenoxy) is 1. The Balaban J connectivity index is 2.75. The lowest BCUT2D eigenvalue weighted by molar-refractivity contribution is -0.161. The molecule has 1 fully saturated rings. The highest BCUT2D eigenvalue weighted by Gasteiger charge is 2.43. The van der Waals surface area contributed by atoms with Crippen molar-refractivity contribution in [3.8, 4) is 0 Å². The van der Waals surface area contributed by atoms with E-state index >= 15 is 0 Å². The number of carbonyl (C=O) groups excluding carboxylic acids is 1. The first-order chi connectivity index (χ1) is 7.67. The number of hydrogen-bond acceptors (Lipinski definition) is 3. The minimum absolute atomic E-state index is 0.0834. The largest absolute Gasteiger partial charge is 0.463 e. The summed E-state index contributed by atoms with van der Waals surface area (Å²) in [4.78, 5) is 12.1. The maximum Gasteiger partial charge on any atom is 0.312 e. The van der Waals surface area contributed by atoms with Gasteiger partial charge in [0.25, 0.3) is 0 Å². The lowest BCUT2D eigenvalue weighted by Crippen LogP contribution is -2.38. The molecule has 1 N–H and O–H groups in total. The minimum atomic E-state index is -0.300. The van der Waals surface area contributed by atoms with Crippen molar-refractivity contribution < 1.29 is 14.6 Å². The van der Waals surface area contributed by atoms with Crippen LogP contribution in [0, 0.1) is 11.3 Å². The van der Waals surface area contributed by atoms with Crippen molar-refractivity contribution in [1.29, 1.82) is 0 Å². The molecule has 0 aromatic carbocycles. The fourth-order valence-corrected chi connectivity index (χ4v) is 2.85. The van der Waals surface area contributed by atoms with Crippen LogP contribution in [0.4, 0.5) is 0 Å². The SMILES string of the molecule is CCC1(C(=O)OCCO)CCCCCC1C. The molecule has 0 radical (unpaired) electrons. The highest BCUT2D eigenvalue weighted by atomic mass is 16.5. The van der Waals surface area contributed by atoms with Crippen molar-refractivity contribution >= 4 is 5.97 Å². The van der Waals surface area contributed by atoms with Crippen LogP contribution >= 0.6 is 0 Å². The van der Waals surface area contributed by atoms with Crippen LogP contribution in [0.25, 0.3) is 0 Å². The van der Waals surface area contributed by atoms with Crippen LogP contribution in [0.15, 0.2) is 0 Å². The Morgan fingerprint density at radius 1 is 1.44 bits per heavy atom. The molecule has 0 aromatic rings. The summed E-state index contributed by atoms with van der Waals surface area (Å²) in [5.74, 6) is 0.296. The summed E-state index contributed by atoms with van der Waals surface area (Å²) in [6, 6.07) is 0. The molecule has 3 nitrogen and oxygen atoms in total. The van der Waals surface area contributed by atoms with Crippen LogP contribution < -0.4 is 0 Å². The van der Waals surface area contributed by atoms with Gasteiger partial charge >= 0.3 is 5.97 Å². The zero-order valence-corrected chi connectivity index (χ0v) is 10.5. The van der Waals surface area contributed by atoms with Gasteiger partial charge in [-0.15, -0.1) is 0 Å². The first kappa shape index (κ1) is 13.5. The van der Waals surface area contributed by atoms with E-state index < -0.39 is 0 Å². The normalized spacial score (nSPS) is 30.8. The summed E-state index contributed by atoms with van der Waals surface area (Å²) >= 11 is 0. The van der Waals surface area contributed by atoms with E-state index in [9.17, 15) is 4.79 Å². The van der Waals surface area contributed by atoms with E-state index in [4.69, 9.17) is 9.84 Å². The maximum atomic E-state index is 12.1. The lowest BCUT2D eigenvalue weighted by Gasteiger charge is -2.34. The monoisotopic (exact) mass is 228 g/mol. The fourth-order valence-electron chi connectivity index (χ4n) is 2.85. The second-order valence-corrected chi connectivity index (χ2v) is 4.87. The van der Waals surface area contributed by atoms with Crippen molar-refractivity contribution in [3.63, 3.8) is 0 Å². The van der Waals surface area contributed by atoms with Crippen molar-refractivity contribution in [2.45, 2.75) is 52.4 Å². The van der Waals surface area contributed by atoms with Crippen LogP contribution in [-0.4, -0.2) is 24.3 Å².